The van der Waals surface area contributed by atoms with Crippen LogP contribution in [0.1, 0.15) is 16.7 Å². The standard InChI is InChI=1S/C24H23N7O/c1-16-7-11-19(12-8-16)26-22-28-23(27-20-13-9-17(2)10-14-20)30-24(29-22)31-25-15-18-5-3-4-6-21(18)32/h3-15,32H,1-2H3,(H3,26,27,28,29,30,31). The normalized spacial score (nSPS) is 10.8. The van der Waals surface area contributed by atoms with Gasteiger partial charge in [0.05, 0.1) is 6.21 Å². The first-order valence-electron chi connectivity index (χ1n) is 10.1. The molecule has 0 atom stereocenters. The second-order valence-corrected chi connectivity index (χ2v) is 7.22. The molecule has 0 fully saturated rings. The molecule has 0 amide bonds. The molecular formula is C24H23N7O. The lowest BCUT2D eigenvalue weighted by atomic mass is 10.2. The number of hydrazone groups is 1. The van der Waals surface area contributed by atoms with Gasteiger partial charge in [-0.2, -0.15) is 20.1 Å². The zero-order chi connectivity index (χ0) is 22.3. The molecule has 0 saturated carbocycles. The van der Waals surface area contributed by atoms with E-state index in [0.717, 1.165) is 22.5 Å². The van der Waals surface area contributed by atoms with E-state index in [0.29, 0.717) is 17.5 Å². The Morgan fingerprint density at radius 3 is 1.72 bits per heavy atom. The average molecular weight is 425 g/mol. The van der Waals surface area contributed by atoms with Gasteiger partial charge >= 0.3 is 0 Å². The molecule has 1 heterocycles. The number of aryl methyl sites for hydroxylation is 2. The summed E-state index contributed by atoms with van der Waals surface area (Å²) in [6, 6.07) is 22.7. The number of aromatic nitrogens is 3. The van der Waals surface area contributed by atoms with Gasteiger partial charge in [-0.3, -0.25) is 0 Å². The highest BCUT2D eigenvalue weighted by Gasteiger charge is 2.08. The Hall–Kier alpha value is -4.46. The molecule has 8 nitrogen and oxygen atoms in total. The van der Waals surface area contributed by atoms with E-state index in [-0.39, 0.29) is 11.7 Å². The van der Waals surface area contributed by atoms with Crippen molar-refractivity contribution in [2.75, 3.05) is 16.1 Å². The number of nitrogens with zero attached hydrogens (tertiary/aromatic N) is 4. The highest BCUT2D eigenvalue weighted by atomic mass is 16.3. The van der Waals surface area contributed by atoms with Gasteiger partial charge in [-0.1, -0.05) is 47.5 Å². The number of hydrogen-bond donors (Lipinski definition) is 4. The Labute approximate surface area is 186 Å². The summed E-state index contributed by atoms with van der Waals surface area (Å²) in [5, 5.41) is 20.4. The Balaban J connectivity index is 1.59. The van der Waals surface area contributed by atoms with Crippen LogP contribution in [0.4, 0.5) is 29.2 Å². The first-order valence-corrected chi connectivity index (χ1v) is 10.1. The van der Waals surface area contributed by atoms with Gasteiger partial charge in [0.15, 0.2) is 0 Å². The Kier molecular flexibility index (Phi) is 6.22. The maximum absolute atomic E-state index is 9.88. The van der Waals surface area contributed by atoms with Crippen LogP contribution in [0.15, 0.2) is 77.9 Å². The lowest BCUT2D eigenvalue weighted by Crippen LogP contribution is -2.07. The lowest BCUT2D eigenvalue weighted by molar-refractivity contribution is 0.474. The largest absolute Gasteiger partial charge is 0.507 e. The number of rotatable bonds is 7. The lowest BCUT2D eigenvalue weighted by Gasteiger charge is -2.10. The monoisotopic (exact) mass is 425 g/mol. The minimum absolute atomic E-state index is 0.136. The molecule has 0 spiro atoms. The number of benzene rings is 3. The third-order valence-electron chi connectivity index (χ3n) is 4.56. The van der Waals surface area contributed by atoms with Gasteiger partial charge in [0.25, 0.3) is 0 Å². The molecule has 0 bridgehead atoms. The van der Waals surface area contributed by atoms with E-state index in [9.17, 15) is 5.11 Å². The van der Waals surface area contributed by atoms with Crippen molar-refractivity contribution < 1.29 is 5.11 Å². The van der Waals surface area contributed by atoms with E-state index >= 15 is 0 Å². The predicted octanol–water partition coefficient (Wildman–Crippen LogP) is 5.13. The van der Waals surface area contributed by atoms with Crippen LogP contribution in [0.5, 0.6) is 5.75 Å². The Morgan fingerprint density at radius 1 is 0.688 bits per heavy atom. The number of aromatic hydroxyl groups is 1. The van der Waals surface area contributed by atoms with Gasteiger partial charge in [0, 0.05) is 16.9 Å². The molecule has 0 aliphatic heterocycles. The summed E-state index contributed by atoms with van der Waals surface area (Å²) in [5.74, 6) is 1.10. The molecule has 3 aromatic carbocycles. The van der Waals surface area contributed by atoms with Crippen molar-refractivity contribution >= 4 is 35.4 Å². The second-order valence-electron chi connectivity index (χ2n) is 7.22. The highest BCUT2D eigenvalue weighted by Crippen LogP contribution is 2.20. The third-order valence-corrected chi connectivity index (χ3v) is 4.56. The van der Waals surface area contributed by atoms with Crippen molar-refractivity contribution in [2.45, 2.75) is 13.8 Å². The maximum Gasteiger partial charge on any atom is 0.250 e. The zero-order valence-electron chi connectivity index (χ0n) is 17.7. The number of anilines is 5. The first-order chi connectivity index (χ1) is 15.5. The smallest absolute Gasteiger partial charge is 0.250 e. The van der Waals surface area contributed by atoms with E-state index in [1.54, 1.807) is 18.2 Å². The van der Waals surface area contributed by atoms with Gasteiger partial charge in [0.2, 0.25) is 17.8 Å². The van der Waals surface area contributed by atoms with Crippen molar-refractivity contribution in [2.24, 2.45) is 5.10 Å². The zero-order valence-corrected chi connectivity index (χ0v) is 17.7. The fraction of sp³-hybridized carbons (Fsp3) is 0.0833. The molecule has 0 aliphatic rings. The van der Waals surface area contributed by atoms with Crippen LogP contribution < -0.4 is 16.1 Å². The molecule has 0 radical (unpaired) electrons. The van der Waals surface area contributed by atoms with Crippen LogP contribution in [-0.4, -0.2) is 26.3 Å². The molecule has 32 heavy (non-hydrogen) atoms. The molecular weight excluding hydrogens is 402 g/mol. The first kappa shape index (κ1) is 20.8. The predicted molar refractivity (Wildman–Crippen MR) is 128 cm³/mol. The van der Waals surface area contributed by atoms with E-state index in [4.69, 9.17) is 0 Å². The third kappa shape index (κ3) is 5.57. The summed E-state index contributed by atoms with van der Waals surface area (Å²) in [6.07, 6.45) is 1.50. The second kappa shape index (κ2) is 9.57. The molecule has 1 aromatic heterocycles. The van der Waals surface area contributed by atoms with Gasteiger partial charge in [-0.25, -0.2) is 5.43 Å². The van der Waals surface area contributed by atoms with E-state index in [1.807, 2.05) is 68.4 Å². The van der Waals surface area contributed by atoms with Crippen molar-refractivity contribution in [1.29, 1.82) is 0 Å². The summed E-state index contributed by atoms with van der Waals surface area (Å²) in [7, 11) is 0. The van der Waals surface area contributed by atoms with Crippen LogP contribution in [0.3, 0.4) is 0 Å². The summed E-state index contributed by atoms with van der Waals surface area (Å²) < 4.78 is 0. The minimum atomic E-state index is 0.136. The molecule has 8 heteroatoms. The fourth-order valence-electron chi connectivity index (χ4n) is 2.83. The van der Waals surface area contributed by atoms with Gasteiger partial charge in [-0.05, 0) is 50.2 Å². The molecule has 160 valence electrons. The van der Waals surface area contributed by atoms with Crippen molar-refractivity contribution in [3.05, 3.63) is 89.5 Å². The van der Waals surface area contributed by atoms with Crippen LogP contribution in [-0.2, 0) is 0 Å². The Morgan fingerprint density at radius 2 is 1.19 bits per heavy atom. The van der Waals surface area contributed by atoms with Gasteiger partial charge in [-0.15, -0.1) is 0 Å². The molecule has 0 unspecified atom stereocenters. The van der Waals surface area contributed by atoms with E-state index in [2.05, 4.69) is 36.1 Å². The number of hydrogen-bond acceptors (Lipinski definition) is 8. The van der Waals surface area contributed by atoms with Crippen molar-refractivity contribution in [3.63, 3.8) is 0 Å². The topological polar surface area (TPSA) is 107 Å². The van der Waals surface area contributed by atoms with Crippen LogP contribution >= 0.6 is 0 Å². The number of para-hydroxylation sites is 1. The van der Waals surface area contributed by atoms with Crippen molar-refractivity contribution in [1.82, 2.24) is 15.0 Å². The van der Waals surface area contributed by atoms with E-state index < -0.39 is 0 Å². The van der Waals surface area contributed by atoms with Crippen LogP contribution in [0, 0.1) is 13.8 Å². The molecule has 0 aliphatic carbocycles. The van der Waals surface area contributed by atoms with Crippen LogP contribution in [0.25, 0.3) is 0 Å². The number of nitrogens with one attached hydrogen (secondary N) is 3. The van der Waals surface area contributed by atoms with Gasteiger partial charge in [0.1, 0.15) is 5.75 Å². The van der Waals surface area contributed by atoms with Crippen LogP contribution in [0.2, 0.25) is 0 Å². The quantitative estimate of drug-likeness (QED) is 0.240. The molecule has 4 aromatic rings. The SMILES string of the molecule is Cc1ccc(Nc2nc(NN=Cc3ccccc3O)nc(Nc3ccc(C)cc3)n2)cc1. The Bertz CT molecular complexity index is 1160. The van der Waals surface area contributed by atoms with E-state index in [1.165, 1.54) is 6.21 Å². The van der Waals surface area contributed by atoms with Gasteiger partial charge < -0.3 is 15.7 Å². The molecule has 0 saturated heterocycles. The summed E-state index contributed by atoms with van der Waals surface area (Å²) in [5.41, 5.74) is 7.41. The summed E-state index contributed by atoms with van der Waals surface area (Å²) in [6.45, 7) is 4.06. The summed E-state index contributed by atoms with van der Waals surface area (Å²) in [4.78, 5) is 13.3. The maximum atomic E-state index is 9.88. The fourth-order valence-corrected chi connectivity index (χ4v) is 2.83. The highest BCUT2D eigenvalue weighted by molar-refractivity contribution is 5.83. The number of phenolic OH excluding ortho intramolecular Hbond substituents is 1. The summed E-state index contributed by atoms with van der Waals surface area (Å²) >= 11 is 0. The minimum Gasteiger partial charge on any atom is -0.507 e. The molecule has 4 rings (SSSR count). The molecule has 4 N–H and O–H groups in total. The average Bonchev–Trinajstić information content (AvgIpc) is 2.78. The van der Waals surface area contributed by atoms with Crippen molar-refractivity contribution in [3.8, 4) is 5.75 Å². The number of phenols is 1.